The fourth-order valence-corrected chi connectivity index (χ4v) is 3.59. The van der Waals surface area contributed by atoms with Gasteiger partial charge in [-0.2, -0.15) is 0 Å². The van der Waals surface area contributed by atoms with Gasteiger partial charge in [-0.1, -0.05) is 12.1 Å². The van der Waals surface area contributed by atoms with Gasteiger partial charge < -0.3 is 35.3 Å². The van der Waals surface area contributed by atoms with Gasteiger partial charge in [0.05, 0.1) is 18.7 Å². The summed E-state index contributed by atoms with van der Waals surface area (Å²) in [5.74, 6) is 1.88. The van der Waals surface area contributed by atoms with Crippen molar-refractivity contribution in [3.63, 3.8) is 0 Å². The molecule has 1 amide bonds. The van der Waals surface area contributed by atoms with Crippen LogP contribution in [0.2, 0.25) is 0 Å². The zero-order chi connectivity index (χ0) is 26.7. The van der Waals surface area contributed by atoms with Gasteiger partial charge in [0.2, 0.25) is 0 Å². The molecule has 0 atom stereocenters. The number of ether oxygens (including phenoxy) is 4. The normalized spacial score (nSPS) is 10.8. The van der Waals surface area contributed by atoms with E-state index >= 15 is 0 Å². The number of fused-ring (bicyclic) bond motifs is 1. The summed E-state index contributed by atoms with van der Waals surface area (Å²) in [5.41, 5.74) is 8.46. The fraction of sp³-hybridized carbons (Fsp3) is 0.259. The molecular formula is C27H30N6O5. The van der Waals surface area contributed by atoms with Gasteiger partial charge >= 0.3 is 0 Å². The van der Waals surface area contributed by atoms with Crippen molar-refractivity contribution in [2.24, 2.45) is 0 Å². The molecule has 2 heterocycles. The van der Waals surface area contributed by atoms with E-state index in [0.717, 1.165) is 10.9 Å². The molecule has 4 N–H and O–H groups in total. The monoisotopic (exact) mass is 518 g/mol. The van der Waals surface area contributed by atoms with Gasteiger partial charge in [-0.3, -0.25) is 4.79 Å². The molecule has 0 unspecified atom stereocenters. The SMILES string of the molecule is COCCOc1cc2ncnc(NCc3ccc(C(=O)Nc4ccnc(N)c4)cc3)c2cc1OCCOC. The summed E-state index contributed by atoms with van der Waals surface area (Å²) in [4.78, 5) is 25.3. The number of hydrogen-bond acceptors (Lipinski definition) is 10. The predicted molar refractivity (Wildman–Crippen MR) is 145 cm³/mol. The number of hydrogen-bond donors (Lipinski definition) is 3. The quantitative estimate of drug-likeness (QED) is 0.225. The molecule has 0 radical (unpaired) electrons. The third-order valence-electron chi connectivity index (χ3n) is 5.51. The third kappa shape index (κ3) is 7.05. The molecule has 11 heteroatoms. The highest BCUT2D eigenvalue weighted by molar-refractivity contribution is 6.04. The maximum atomic E-state index is 12.6. The fourth-order valence-electron chi connectivity index (χ4n) is 3.59. The van der Waals surface area contributed by atoms with Crippen LogP contribution in [0.4, 0.5) is 17.3 Å². The number of nitrogen functional groups attached to an aromatic ring is 1. The molecule has 2 aromatic carbocycles. The lowest BCUT2D eigenvalue weighted by Gasteiger charge is -2.15. The number of carbonyl (C=O) groups is 1. The van der Waals surface area contributed by atoms with E-state index < -0.39 is 0 Å². The Labute approximate surface area is 220 Å². The first-order chi connectivity index (χ1) is 18.6. The number of methoxy groups -OCH3 is 2. The van der Waals surface area contributed by atoms with E-state index in [4.69, 9.17) is 24.7 Å². The lowest BCUT2D eigenvalue weighted by atomic mass is 10.1. The first-order valence-electron chi connectivity index (χ1n) is 12.0. The highest BCUT2D eigenvalue weighted by Crippen LogP contribution is 2.34. The average molecular weight is 519 g/mol. The van der Waals surface area contributed by atoms with Crippen LogP contribution in [0.1, 0.15) is 15.9 Å². The molecule has 0 fully saturated rings. The molecule has 4 rings (SSSR count). The van der Waals surface area contributed by atoms with Crippen LogP contribution in [0.3, 0.4) is 0 Å². The Balaban J connectivity index is 1.46. The molecular weight excluding hydrogens is 488 g/mol. The van der Waals surface area contributed by atoms with E-state index in [1.54, 1.807) is 44.7 Å². The summed E-state index contributed by atoms with van der Waals surface area (Å²) in [6.07, 6.45) is 3.04. The average Bonchev–Trinajstić information content (AvgIpc) is 2.92. The maximum Gasteiger partial charge on any atom is 0.255 e. The minimum atomic E-state index is -0.235. The van der Waals surface area contributed by atoms with Gasteiger partial charge in [-0.25, -0.2) is 15.0 Å². The number of rotatable bonds is 13. The molecule has 0 aliphatic rings. The molecule has 0 spiro atoms. The molecule has 0 aliphatic carbocycles. The highest BCUT2D eigenvalue weighted by atomic mass is 16.5. The largest absolute Gasteiger partial charge is 0.487 e. The summed E-state index contributed by atoms with van der Waals surface area (Å²) in [7, 11) is 3.23. The first-order valence-corrected chi connectivity index (χ1v) is 12.0. The van der Waals surface area contributed by atoms with Gasteiger partial charge in [0, 0.05) is 55.7 Å². The Morgan fingerprint density at radius 2 is 1.58 bits per heavy atom. The van der Waals surface area contributed by atoms with E-state index in [9.17, 15) is 4.79 Å². The number of carbonyl (C=O) groups excluding carboxylic acids is 1. The molecule has 11 nitrogen and oxygen atoms in total. The smallest absolute Gasteiger partial charge is 0.255 e. The first kappa shape index (κ1) is 26.6. The van der Waals surface area contributed by atoms with Crippen LogP contribution in [0, 0.1) is 0 Å². The van der Waals surface area contributed by atoms with Crippen molar-refractivity contribution in [3.8, 4) is 11.5 Å². The number of nitrogens with two attached hydrogens (primary N) is 1. The van der Waals surface area contributed by atoms with Crippen molar-refractivity contribution in [1.29, 1.82) is 0 Å². The Morgan fingerprint density at radius 3 is 2.26 bits per heavy atom. The number of amides is 1. The van der Waals surface area contributed by atoms with Crippen molar-refractivity contribution >= 4 is 34.1 Å². The molecule has 0 bridgehead atoms. The minimum Gasteiger partial charge on any atom is -0.487 e. The molecule has 0 saturated carbocycles. The topological polar surface area (TPSA) is 143 Å². The van der Waals surface area contributed by atoms with Gasteiger partial charge in [-0.15, -0.1) is 0 Å². The Bertz CT molecular complexity index is 1370. The number of anilines is 3. The van der Waals surface area contributed by atoms with Gasteiger partial charge in [-0.05, 0) is 29.8 Å². The van der Waals surface area contributed by atoms with Crippen LogP contribution in [0.25, 0.3) is 10.9 Å². The number of nitrogens with one attached hydrogen (secondary N) is 2. The second kappa shape index (κ2) is 13.2. The second-order valence-electron chi connectivity index (χ2n) is 8.19. The van der Waals surface area contributed by atoms with Crippen molar-refractivity contribution < 1.29 is 23.7 Å². The Hall–Kier alpha value is -4.48. The van der Waals surface area contributed by atoms with E-state index in [2.05, 4.69) is 25.6 Å². The maximum absolute atomic E-state index is 12.6. The highest BCUT2D eigenvalue weighted by Gasteiger charge is 2.13. The van der Waals surface area contributed by atoms with Crippen LogP contribution in [0.5, 0.6) is 11.5 Å². The number of nitrogens with zero attached hydrogens (tertiary/aromatic N) is 3. The summed E-state index contributed by atoms with van der Waals surface area (Å²) in [5, 5.41) is 6.95. The van der Waals surface area contributed by atoms with E-state index in [1.807, 2.05) is 24.3 Å². The lowest BCUT2D eigenvalue weighted by Crippen LogP contribution is -2.12. The van der Waals surface area contributed by atoms with Crippen molar-refractivity contribution in [1.82, 2.24) is 15.0 Å². The minimum absolute atomic E-state index is 0.235. The van der Waals surface area contributed by atoms with Crippen LogP contribution in [-0.2, 0) is 16.0 Å². The molecule has 0 aliphatic heterocycles. The zero-order valence-corrected chi connectivity index (χ0v) is 21.3. The van der Waals surface area contributed by atoms with E-state index in [0.29, 0.717) is 72.9 Å². The van der Waals surface area contributed by atoms with Gasteiger partial charge in [0.15, 0.2) is 11.5 Å². The van der Waals surface area contributed by atoms with Gasteiger partial charge in [0.25, 0.3) is 5.91 Å². The summed E-state index contributed by atoms with van der Waals surface area (Å²) >= 11 is 0. The standard InChI is InChI=1S/C27H30N6O5/c1-35-9-11-37-23-14-21-22(15-24(23)38-12-10-36-2)31-17-32-26(21)30-16-18-3-5-19(6-4-18)27(34)33-20-7-8-29-25(28)13-20/h3-8,13-15,17H,9-12,16H2,1-2H3,(H,30,31,32)(H3,28,29,33,34). The van der Waals surface area contributed by atoms with Crippen LogP contribution in [0.15, 0.2) is 61.1 Å². The van der Waals surface area contributed by atoms with Crippen LogP contribution >= 0.6 is 0 Å². The van der Waals surface area contributed by atoms with E-state index in [-0.39, 0.29) is 5.91 Å². The summed E-state index contributed by atoms with van der Waals surface area (Å²) < 4.78 is 21.9. The predicted octanol–water partition coefficient (Wildman–Crippen LogP) is 3.52. The van der Waals surface area contributed by atoms with Crippen molar-refractivity contribution in [2.75, 3.05) is 57.0 Å². The summed E-state index contributed by atoms with van der Waals surface area (Å²) in [6, 6.07) is 14.3. The molecule has 198 valence electrons. The molecule has 2 aromatic heterocycles. The lowest BCUT2D eigenvalue weighted by molar-refractivity contribution is 0.102. The van der Waals surface area contributed by atoms with Crippen LogP contribution < -0.4 is 25.8 Å². The molecule has 0 saturated heterocycles. The van der Waals surface area contributed by atoms with Crippen molar-refractivity contribution in [2.45, 2.75) is 6.54 Å². The number of pyridine rings is 1. The third-order valence-corrected chi connectivity index (χ3v) is 5.51. The molecule has 4 aromatic rings. The van der Waals surface area contributed by atoms with E-state index in [1.165, 1.54) is 6.33 Å². The second-order valence-corrected chi connectivity index (χ2v) is 8.19. The zero-order valence-electron chi connectivity index (χ0n) is 21.3. The van der Waals surface area contributed by atoms with Crippen LogP contribution in [-0.4, -0.2) is 61.5 Å². The summed E-state index contributed by atoms with van der Waals surface area (Å²) in [6.45, 7) is 2.12. The Morgan fingerprint density at radius 1 is 0.868 bits per heavy atom. The number of benzene rings is 2. The molecule has 38 heavy (non-hydrogen) atoms. The van der Waals surface area contributed by atoms with Gasteiger partial charge in [0.1, 0.15) is 31.2 Å². The number of aromatic nitrogens is 3. The Kier molecular flexibility index (Phi) is 9.22. The van der Waals surface area contributed by atoms with Crippen molar-refractivity contribution in [3.05, 3.63) is 72.2 Å².